The molecule has 0 amide bonds. The summed E-state index contributed by atoms with van der Waals surface area (Å²) in [7, 11) is 0. The van der Waals surface area contributed by atoms with E-state index in [0.717, 1.165) is 37.9 Å². The lowest BCUT2D eigenvalue weighted by atomic mass is 10.1. The average Bonchev–Trinajstić information content (AvgIpc) is 3.04. The fourth-order valence-corrected chi connectivity index (χ4v) is 3.42. The highest BCUT2D eigenvalue weighted by atomic mass is 16.6. The zero-order valence-electron chi connectivity index (χ0n) is 14.8. The number of nitrogens with zero attached hydrogens (tertiary/aromatic N) is 5. The van der Waals surface area contributed by atoms with Crippen LogP contribution < -0.4 is 5.01 Å². The van der Waals surface area contributed by atoms with E-state index in [2.05, 4.69) is 22.2 Å². The molecule has 1 aromatic carbocycles. The molecule has 0 aromatic heterocycles. The molecule has 8 nitrogen and oxygen atoms in total. The third kappa shape index (κ3) is 3.80. The van der Waals surface area contributed by atoms with Gasteiger partial charge in [-0.2, -0.15) is 5.11 Å². The predicted octanol–water partition coefficient (Wildman–Crippen LogP) is 3.31. The van der Waals surface area contributed by atoms with E-state index in [9.17, 15) is 10.1 Å². The predicted molar refractivity (Wildman–Crippen MR) is 94.7 cm³/mol. The number of anilines is 1. The maximum absolute atomic E-state index is 11.5. The fourth-order valence-electron chi connectivity index (χ4n) is 3.42. The molecule has 2 aliphatic heterocycles. The van der Waals surface area contributed by atoms with Gasteiger partial charge in [0.05, 0.1) is 18.1 Å². The number of hydrogen-bond acceptors (Lipinski definition) is 7. The Morgan fingerprint density at radius 2 is 2.12 bits per heavy atom. The van der Waals surface area contributed by atoms with Gasteiger partial charge in [-0.1, -0.05) is 31.1 Å². The molecular formula is C17H25N5O3. The smallest absolute Gasteiger partial charge is 0.294 e. The molecule has 0 bridgehead atoms. The Hall–Kier alpha value is -2.06. The summed E-state index contributed by atoms with van der Waals surface area (Å²) in [5.74, 6) is 0. The molecule has 0 radical (unpaired) electrons. The number of hydrogen-bond donors (Lipinski definition) is 0. The van der Waals surface area contributed by atoms with Crippen LogP contribution in [-0.4, -0.2) is 48.3 Å². The van der Waals surface area contributed by atoms with Gasteiger partial charge in [0.25, 0.3) is 5.69 Å². The Bertz CT molecular complexity index is 645. The van der Waals surface area contributed by atoms with E-state index >= 15 is 0 Å². The summed E-state index contributed by atoms with van der Waals surface area (Å²) in [5, 5.41) is 22.1. The zero-order chi connectivity index (χ0) is 17.8. The molecule has 0 aliphatic carbocycles. The first-order valence-electron chi connectivity index (χ1n) is 8.88. The molecule has 136 valence electrons. The molecule has 1 aromatic rings. The first-order chi connectivity index (χ1) is 12.1. The van der Waals surface area contributed by atoms with Crippen molar-refractivity contribution in [2.45, 2.75) is 45.3 Å². The first kappa shape index (κ1) is 17.8. The fraction of sp³-hybridized carbons (Fsp3) is 0.647. The Labute approximate surface area is 147 Å². The summed E-state index contributed by atoms with van der Waals surface area (Å²) < 4.78 is 5.46. The van der Waals surface area contributed by atoms with Crippen LogP contribution >= 0.6 is 0 Å². The molecule has 8 heteroatoms. The number of nitro groups is 1. The number of aryl methyl sites for hydroxylation is 1. The minimum absolute atomic E-state index is 0.0268. The van der Waals surface area contributed by atoms with Crippen LogP contribution in [0.25, 0.3) is 0 Å². The van der Waals surface area contributed by atoms with Gasteiger partial charge in [0.15, 0.2) is 0 Å². The summed E-state index contributed by atoms with van der Waals surface area (Å²) in [6.45, 7) is 6.91. The topological polar surface area (TPSA) is 83.6 Å². The molecule has 0 spiro atoms. The molecule has 3 rings (SSSR count). The maximum Gasteiger partial charge on any atom is 0.294 e. The van der Waals surface area contributed by atoms with Crippen LogP contribution in [0, 0.1) is 17.0 Å². The van der Waals surface area contributed by atoms with Crippen LogP contribution in [-0.2, 0) is 4.74 Å². The molecule has 0 saturated carbocycles. The Kier molecular flexibility index (Phi) is 5.60. The highest BCUT2D eigenvalue weighted by Crippen LogP contribution is 2.36. The van der Waals surface area contributed by atoms with Gasteiger partial charge in [0, 0.05) is 19.2 Å². The van der Waals surface area contributed by atoms with Gasteiger partial charge >= 0.3 is 0 Å². The molecule has 1 saturated heterocycles. The Morgan fingerprint density at radius 1 is 1.36 bits per heavy atom. The number of ether oxygens (including phenoxy) is 1. The number of morpholine rings is 1. The molecule has 2 aliphatic rings. The number of nitro benzene ring substituents is 1. The lowest BCUT2D eigenvalue weighted by Gasteiger charge is -2.37. The third-order valence-corrected chi connectivity index (χ3v) is 4.74. The van der Waals surface area contributed by atoms with Gasteiger partial charge in [0.1, 0.15) is 17.9 Å². The molecule has 1 fully saturated rings. The SMILES string of the molecule is CCCCC1N=NN(c2ccc(C)cc2[N+](=O)[O-])C1N1CCOCC1. The largest absolute Gasteiger partial charge is 0.379 e. The summed E-state index contributed by atoms with van der Waals surface area (Å²) >= 11 is 0. The zero-order valence-corrected chi connectivity index (χ0v) is 14.8. The van der Waals surface area contributed by atoms with Gasteiger partial charge < -0.3 is 4.74 Å². The second-order valence-electron chi connectivity index (χ2n) is 6.57. The normalized spacial score (nSPS) is 24.0. The van der Waals surface area contributed by atoms with Crippen LogP contribution in [0.15, 0.2) is 28.5 Å². The monoisotopic (exact) mass is 347 g/mol. The standard InChI is InChI=1S/C17H25N5O3/c1-3-4-5-14-17(20-8-10-25-11-9-20)21(19-18-14)15-7-6-13(2)12-16(15)22(23)24/h6-7,12,14,17H,3-5,8-11H2,1-2H3. The second kappa shape index (κ2) is 7.88. The van der Waals surface area contributed by atoms with Crippen molar-refractivity contribution < 1.29 is 9.66 Å². The van der Waals surface area contributed by atoms with Crippen LogP contribution in [0.2, 0.25) is 0 Å². The van der Waals surface area contributed by atoms with Crippen molar-refractivity contribution in [2.75, 3.05) is 31.3 Å². The van der Waals surface area contributed by atoms with Gasteiger partial charge in [-0.25, -0.2) is 5.01 Å². The van der Waals surface area contributed by atoms with E-state index in [1.807, 2.05) is 13.0 Å². The quantitative estimate of drug-likeness (QED) is 0.582. The van der Waals surface area contributed by atoms with E-state index in [1.165, 1.54) is 0 Å². The van der Waals surface area contributed by atoms with Crippen LogP contribution in [0.3, 0.4) is 0 Å². The Morgan fingerprint density at radius 3 is 2.80 bits per heavy atom. The summed E-state index contributed by atoms with van der Waals surface area (Å²) in [5.41, 5.74) is 1.44. The average molecular weight is 347 g/mol. The van der Waals surface area contributed by atoms with E-state index in [4.69, 9.17) is 4.74 Å². The van der Waals surface area contributed by atoms with Crippen molar-refractivity contribution in [3.8, 4) is 0 Å². The van der Waals surface area contributed by atoms with Crippen molar-refractivity contribution >= 4 is 11.4 Å². The van der Waals surface area contributed by atoms with Crippen molar-refractivity contribution in [3.05, 3.63) is 33.9 Å². The van der Waals surface area contributed by atoms with Crippen LogP contribution in [0.4, 0.5) is 11.4 Å². The minimum Gasteiger partial charge on any atom is -0.379 e. The molecular weight excluding hydrogens is 322 g/mol. The van der Waals surface area contributed by atoms with Gasteiger partial charge in [0.2, 0.25) is 0 Å². The molecule has 2 atom stereocenters. The van der Waals surface area contributed by atoms with E-state index in [1.54, 1.807) is 17.1 Å². The highest BCUT2D eigenvalue weighted by molar-refractivity contribution is 5.64. The summed E-state index contributed by atoms with van der Waals surface area (Å²) in [4.78, 5) is 13.5. The third-order valence-electron chi connectivity index (χ3n) is 4.74. The second-order valence-corrected chi connectivity index (χ2v) is 6.57. The van der Waals surface area contributed by atoms with E-state index in [-0.39, 0.29) is 22.8 Å². The molecule has 2 unspecified atom stereocenters. The maximum atomic E-state index is 11.5. The van der Waals surface area contributed by atoms with Crippen molar-refractivity contribution in [3.63, 3.8) is 0 Å². The molecule has 25 heavy (non-hydrogen) atoms. The summed E-state index contributed by atoms with van der Waals surface area (Å²) in [6, 6.07) is 5.29. The minimum atomic E-state index is -0.340. The Balaban J connectivity index is 1.93. The lowest BCUT2D eigenvalue weighted by Crippen LogP contribution is -2.53. The first-order valence-corrected chi connectivity index (χ1v) is 8.88. The number of rotatable bonds is 6. The van der Waals surface area contributed by atoms with Gasteiger partial charge in [-0.05, 0) is 25.0 Å². The van der Waals surface area contributed by atoms with Crippen molar-refractivity contribution in [1.82, 2.24) is 4.90 Å². The van der Waals surface area contributed by atoms with Crippen LogP contribution in [0.5, 0.6) is 0 Å². The van der Waals surface area contributed by atoms with E-state index in [0.29, 0.717) is 18.9 Å². The van der Waals surface area contributed by atoms with Crippen LogP contribution in [0.1, 0.15) is 31.7 Å². The molecule has 2 heterocycles. The number of unbranched alkanes of at least 4 members (excludes halogenated alkanes) is 1. The highest BCUT2D eigenvalue weighted by Gasteiger charge is 2.40. The van der Waals surface area contributed by atoms with Crippen molar-refractivity contribution in [2.24, 2.45) is 10.3 Å². The summed E-state index contributed by atoms with van der Waals surface area (Å²) in [6.07, 6.45) is 3.00. The number of benzene rings is 1. The van der Waals surface area contributed by atoms with Crippen molar-refractivity contribution in [1.29, 1.82) is 0 Å². The lowest BCUT2D eigenvalue weighted by molar-refractivity contribution is -0.384. The molecule has 0 N–H and O–H groups in total. The van der Waals surface area contributed by atoms with E-state index < -0.39 is 0 Å². The van der Waals surface area contributed by atoms with Gasteiger partial charge in [-0.3, -0.25) is 15.0 Å². The van der Waals surface area contributed by atoms with Gasteiger partial charge in [-0.15, -0.1) is 0 Å².